The second kappa shape index (κ2) is 6.92. The van der Waals surface area contributed by atoms with Crippen LogP contribution in [0.5, 0.6) is 0 Å². The Morgan fingerprint density at radius 3 is 2.05 bits per heavy atom. The number of hydrogen-bond donors (Lipinski definition) is 1. The molecule has 0 saturated heterocycles. The third-order valence-corrected chi connectivity index (χ3v) is 2.85. The summed E-state index contributed by atoms with van der Waals surface area (Å²) in [5.41, 5.74) is 8.70. The topological polar surface area (TPSA) is 52.3 Å². The lowest BCUT2D eigenvalue weighted by atomic mass is 9.99. The molecule has 0 radical (unpaired) electrons. The van der Waals surface area contributed by atoms with E-state index in [0.717, 1.165) is 11.1 Å². The van der Waals surface area contributed by atoms with E-state index < -0.39 is 0 Å². The molecule has 2 N–H and O–H groups in total. The second-order valence-electron chi connectivity index (χ2n) is 4.00. The van der Waals surface area contributed by atoms with Crippen LogP contribution >= 0.6 is 12.4 Å². The first-order chi connectivity index (χ1) is 8.72. The van der Waals surface area contributed by atoms with E-state index in [9.17, 15) is 4.79 Å². The molecular weight excluding hydrogens is 262 g/mol. The predicted octanol–water partition coefficient (Wildman–Crippen LogP) is 2.94. The minimum atomic E-state index is -0.338. The van der Waals surface area contributed by atoms with Gasteiger partial charge in [-0.25, -0.2) is 4.79 Å². The van der Waals surface area contributed by atoms with Crippen molar-refractivity contribution in [1.82, 2.24) is 0 Å². The molecule has 0 aliphatic heterocycles. The number of benzene rings is 2. The maximum Gasteiger partial charge on any atom is 0.337 e. The van der Waals surface area contributed by atoms with E-state index in [-0.39, 0.29) is 24.4 Å². The highest BCUT2D eigenvalue weighted by Gasteiger charge is 2.10. The summed E-state index contributed by atoms with van der Waals surface area (Å²) in [5.74, 6) is -0.338. The summed E-state index contributed by atoms with van der Waals surface area (Å²) < 4.78 is 4.65. The molecule has 0 heterocycles. The summed E-state index contributed by atoms with van der Waals surface area (Å²) >= 11 is 0. The van der Waals surface area contributed by atoms with Crippen LogP contribution in [0.4, 0.5) is 0 Å². The van der Waals surface area contributed by atoms with Crippen molar-refractivity contribution in [3.8, 4) is 0 Å². The zero-order valence-corrected chi connectivity index (χ0v) is 11.4. The highest BCUT2D eigenvalue weighted by Crippen LogP contribution is 2.19. The number of rotatable bonds is 3. The van der Waals surface area contributed by atoms with Gasteiger partial charge < -0.3 is 10.5 Å². The Morgan fingerprint density at radius 2 is 1.53 bits per heavy atom. The summed E-state index contributed by atoms with van der Waals surface area (Å²) in [6, 6.07) is 16.8. The number of ether oxygens (including phenoxy) is 1. The Kier molecular flexibility index (Phi) is 5.55. The van der Waals surface area contributed by atoms with E-state index in [1.54, 1.807) is 12.1 Å². The average Bonchev–Trinajstić information content (AvgIpc) is 2.47. The molecule has 0 fully saturated rings. The van der Waals surface area contributed by atoms with Crippen LogP contribution in [0.3, 0.4) is 0 Å². The standard InChI is InChI=1S/C15H15NO2.ClH/c1-18-15(17)13-9-7-12(8-10-13)14(16)11-5-3-2-4-6-11;/h2-10,14H,16H2,1H3;1H. The van der Waals surface area contributed by atoms with Gasteiger partial charge in [0.2, 0.25) is 0 Å². The van der Waals surface area contributed by atoms with Crippen LogP contribution in [0, 0.1) is 0 Å². The lowest BCUT2D eigenvalue weighted by Gasteiger charge is -2.12. The largest absolute Gasteiger partial charge is 0.465 e. The van der Waals surface area contributed by atoms with E-state index in [1.807, 2.05) is 42.5 Å². The Hall–Kier alpha value is -1.84. The van der Waals surface area contributed by atoms with E-state index in [2.05, 4.69) is 4.74 Å². The molecule has 0 spiro atoms. The summed E-state index contributed by atoms with van der Waals surface area (Å²) in [6.07, 6.45) is 0. The first-order valence-electron chi connectivity index (χ1n) is 5.71. The average molecular weight is 278 g/mol. The van der Waals surface area contributed by atoms with Crippen molar-refractivity contribution < 1.29 is 9.53 Å². The van der Waals surface area contributed by atoms with Crippen molar-refractivity contribution in [2.45, 2.75) is 6.04 Å². The molecule has 100 valence electrons. The Morgan fingerprint density at radius 1 is 1.00 bits per heavy atom. The van der Waals surface area contributed by atoms with Gasteiger partial charge in [0, 0.05) is 0 Å². The van der Waals surface area contributed by atoms with Crippen molar-refractivity contribution in [3.05, 3.63) is 71.3 Å². The molecule has 4 heteroatoms. The van der Waals surface area contributed by atoms with Crippen molar-refractivity contribution in [3.63, 3.8) is 0 Å². The summed E-state index contributed by atoms with van der Waals surface area (Å²) in [6.45, 7) is 0. The molecule has 2 rings (SSSR count). The number of carbonyl (C=O) groups is 1. The third kappa shape index (κ3) is 3.56. The van der Waals surface area contributed by atoms with Crippen molar-refractivity contribution in [2.24, 2.45) is 5.73 Å². The lowest BCUT2D eigenvalue weighted by Crippen LogP contribution is -2.12. The monoisotopic (exact) mass is 277 g/mol. The van der Waals surface area contributed by atoms with Crippen LogP contribution in [-0.2, 0) is 4.74 Å². The highest BCUT2D eigenvalue weighted by atomic mass is 35.5. The van der Waals surface area contributed by atoms with Crippen LogP contribution < -0.4 is 5.73 Å². The SMILES string of the molecule is COC(=O)c1ccc(C(N)c2ccccc2)cc1.Cl. The normalized spacial score (nSPS) is 11.3. The summed E-state index contributed by atoms with van der Waals surface area (Å²) in [5, 5.41) is 0. The Balaban J connectivity index is 0.00000180. The van der Waals surface area contributed by atoms with Gasteiger partial charge in [-0.2, -0.15) is 0 Å². The summed E-state index contributed by atoms with van der Waals surface area (Å²) in [4.78, 5) is 11.3. The molecule has 3 nitrogen and oxygen atoms in total. The molecule has 0 amide bonds. The smallest absolute Gasteiger partial charge is 0.337 e. The maximum absolute atomic E-state index is 11.3. The second-order valence-corrected chi connectivity index (χ2v) is 4.00. The van der Waals surface area contributed by atoms with Gasteiger partial charge in [-0.15, -0.1) is 12.4 Å². The highest BCUT2D eigenvalue weighted by molar-refractivity contribution is 5.89. The van der Waals surface area contributed by atoms with Gasteiger partial charge >= 0.3 is 5.97 Å². The first-order valence-corrected chi connectivity index (χ1v) is 5.71. The molecule has 1 unspecified atom stereocenters. The fourth-order valence-corrected chi connectivity index (χ4v) is 1.80. The van der Waals surface area contributed by atoms with Gasteiger partial charge in [0.05, 0.1) is 18.7 Å². The van der Waals surface area contributed by atoms with Gasteiger partial charge in [0.15, 0.2) is 0 Å². The molecule has 19 heavy (non-hydrogen) atoms. The van der Waals surface area contributed by atoms with E-state index >= 15 is 0 Å². The van der Waals surface area contributed by atoms with E-state index in [4.69, 9.17) is 5.73 Å². The quantitative estimate of drug-likeness (QED) is 0.878. The molecule has 0 bridgehead atoms. The van der Waals surface area contributed by atoms with Crippen molar-refractivity contribution in [2.75, 3.05) is 7.11 Å². The van der Waals surface area contributed by atoms with Crippen LogP contribution in [0.15, 0.2) is 54.6 Å². The zero-order valence-electron chi connectivity index (χ0n) is 10.6. The number of nitrogens with two attached hydrogens (primary N) is 1. The van der Waals surface area contributed by atoms with Gasteiger partial charge in [-0.3, -0.25) is 0 Å². The van der Waals surface area contributed by atoms with Crippen LogP contribution in [-0.4, -0.2) is 13.1 Å². The van der Waals surface area contributed by atoms with Crippen LogP contribution in [0.2, 0.25) is 0 Å². The molecule has 2 aromatic rings. The van der Waals surface area contributed by atoms with Gasteiger partial charge in [0.25, 0.3) is 0 Å². The fraction of sp³-hybridized carbons (Fsp3) is 0.133. The number of esters is 1. The van der Waals surface area contributed by atoms with Crippen molar-refractivity contribution in [1.29, 1.82) is 0 Å². The molecule has 0 aromatic heterocycles. The molecule has 0 saturated carbocycles. The minimum absolute atomic E-state index is 0. The van der Waals surface area contributed by atoms with Crippen molar-refractivity contribution >= 4 is 18.4 Å². The van der Waals surface area contributed by atoms with Crippen LogP contribution in [0.1, 0.15) is 27.5 Å². The van der Waals surface area contributed by atoms with Gasteiger partial charge in [0.1, 0.15) is 0 Å². The molecular formula is C15H16ClNO2. The fourth-order valence-electron chi connectivity index (χ4n) is 1.80. The molecule has 1 atom stereocenters. The number of hydrogen-bond acceptors (Lipinski definition) is 3. The third-order valence-electron chi connectivity index (χ3n) is 2.85. The summed E-state index contributed by atoms with van der Waals surface area (Å²) in [7, 11) is 1.37. The number of carbonyl (C=O) groups excluding carboxylic acids is 1. The minimum Gasteiger partial charge on any atom is -0.465 e. The van der Waals surface area contributed by atoms with Gasteiger partial charge in [-0.05, 0) is 23.3 Å². The van der Waals surface area contributed by atoms with Crippen LogP contribution in [0.25, 0.3) is 0 Å². The predicted molar refractivity (Wildman–Crippen MR) is 77.5 cm³/mol. The Bertz CT molecular complexity index is 526. The maximum atomic E-state index is 11.3. The zero-order chi connectivity index (χ0) is 13.0. The van der Waals surface area contributed by atoms with E-state index in [1.165, 1.54) is 7.11 Å². The number of methoxy groups -OCH3 is 1. The Labute approximate surface area is 118 Å². The molecule has 0 aliphatic rings. The molecule has 0 aliphatic carbocycles. The van der Waals surface area contributed by atoms with E-state index in [0.29, 0.717) is 5.56 Å². The number of halogens is 1. The first kappa shape index (κ1) is 15.2. The lowest BCUT2D eigenvalue weighted by molar-refractivity contribution is 0.0600. The molecule has 2 aromatic carbocycles. The van der Waals surface area contributed by atoms with Gasteiger partial charge in [-0.1, -0.05) is 42.5 Å².